The van der Waals surface area contributed by atoms with Crippen LogP contribution in [0.15, 0.2) is 52.4 Å². The van der Waals surface area contributed by atoms with Crippen LogP contribution >= 0.6 is 0 Å². The zero-order valence-electron chi connectivity index (χ0n) is 17.0. The number of hydrogen-bond donors (Lipinski definition) is 2. The number of aryl methyl sites for hydroxylation is 1. The number of rotatable bonds is 9. The van der Waals surface area contributed by atoms with E-state index in [1.807, 2.05) is 26.0 Å². The monoisotopic (exact) mass is 421 g/mol. The number of aliphatic imine (C=N–C) groups is 1. The number of sulfone groups is 1. The average Bonchev–Trinajstić information content (AvgIpc) is 2.68. The van der Waals surface area contributed by atoms with Crippen molar-refractivity contribution in [2.24, 2.45) is 4.99 Å². The molecule has 0 aromatic heterocycles. The number of benzene rings is 2. The summed E-state index contributed by atoms with van der Waals surface area (Å²) in [6, 6.07) is 11.4. The molecular weight excluding hydrogens is 393 g/mol. The summed E-state index contributed by atoms with van der Waals surface area (Å²) in [6.07, 6.45) is 0.725. The molecule has 2 aromatic rings. The van der Waals surface area contributed by atoms with Crippen molar-refractivity contribution < 1.29 is 17.5 Å². The molecule has 0 amide bonds. The fourth-order valence-corrected chi connectivity index (χ4v) is 4.05. The Labute approximate surface area is 172 Å². The number of nitrogens with zero attached hydrogens (tertiary/aromatic N) is 1. The Morgan fingerprint density at radius 2 is 1.93 bits per heavy atom. The van der Waals surface area contributed by atoms with Crippen LogP contribution < -0.4 is 15.4 Å². The summed E-state index contributed by atoms with van der Waals surface area (Å²) < 4.78 is 43.8. The van der Waals surface area contributed by atoms with E-state index >= 15 is 0 Å². The van der Waals surface area contributed by atoms with Gasteiger partial charge in [0.1, 0.15) is 16.5 Å². The van der Waals surface area contributed by atoms with Crippen LogP contribution in [0, 0.1) is 12.7 Å². The minimum atomic E-state index is -3.73. The molecule has 2 N–H and O–H groups in total. The second-order valence-corrected chi connectivity index (χ2v) is 8.58. The Morgan fingerprint density at radius 3 is 2.62 bits per heavy atom. The lowest BCUT2D eigenvalue weighted by Crippen LogP contribution is -2.38. The summed E-state index contributed by atoms with van der Waals surface area (Å²) in [5, 5.41) is 6.28. The fraction of sp³-hybridized carbons (Fsp3) is 0.381. The maximum absolute atomic E-state index is 13.8. The van der Waals surface area contributed by atoms with E-state index in [0.29, 0.717) is 19.0 Å². The minimum Gasteiger partial charge on any atom is -0.496 e. The van der Waals surface area contributed by atoms with Gasteiger partial charge in [-0.1, -0.05) is 29.8 Å². The van der Waals surface area contributed by atoms with Gasteiger partial charge in [-0.25, -0.2) is 12.8 Å². The molecule has 0 aliphatic carbocycles. The zero-order valence-corrected chi connectivity index (χ0v) is 17.9. The van der Waals surface area contributed by atoms with E-state index in [4.69, 9.17) is 4.74 Å². The van der Waals surface area contributed by atoms with Crippen molar-refractivity contribution >= 4 is 15.8 Å². The number of methoxy groups -OCH3 is 1. The van der Waals surface area contributed by atoms with E-state index in [0.717, 1.165) is 29.4 Å². The minimum absolute atomic E-state index is 0.0275. The van der Waals surface area contributed by atoms with Crippen molar-refractivity contribution in [2.75, 3.05) is 32.5 Å². The second-order valence-electron chi connectivity index (χ2n) is 6.50. The standard InChI is InChI=1S/C21H28FN3O3S/c1-4-23-21(24-12-11-17-15-16(2)9-10-19(17)28-3)25-13-14-29(26,27)20-8-6-5-7-18(20)22/h5-10,15H,4,11-14H2,1-3H3,(H2,23,24,25). The van der Waals surface area contributed by atoms with Crippen molar-refractivity contribution in [1.29, 1.82) is 0 Å². The average molecular weight is 422 g/mol. The van der Waals surface area contributed by atoms with E-state index in [2.05, 4.69) is 21.7 Å². The third-order valence-electron chi connectivity index (χ3n) is 4.27. The summed E-state index contributed by atoms with van der Waals surface area (Å²) in [5.41, 5.74) is 2.23. The summed E-state index contributed by atoms with van der Waals surface area (Å²) in [4.78, 5) is 4.01. The fourth-order valence-electron chi connectivity index (χ4n) is 2.84. The van der Waals surface area contributed by atoms with Gasteiger partial charge < -0.3 is 15.4 Å². The molecule has 158 valence electrons. The SMILES string of the molecule is CCNC(=NCCS(=O)(=O)c1ccccc1F)NCCc1cc(C)ccc1OC. The number of ether oxygens (including phenoxy) is 1. The van der Waals surface area contributed by atoms with Crippen LogP contribution in [0.1, 0.15) is 18.1 Å². The van der Waals surface area contributed by atoms with Gasteiger partial charge in [0.2, 0.25) is 0 Å². The highest BCUT2D eigenvalue weighted by Crippen LogP contribution is 2.19. The van der Waals surface area contributed by atoms with Crippen LogP contribution in [0.3, 0.4) is 0 Å². The lowest BCUT2D eigenvalue weighted by Gasteiger charge is -2.13. The van der Waals surface area contributed by atoms with Crippen LogP contribution in [-0.4, -0.2) is 46.9 Å². The zero-order chi connectivity index (χ0) is 21.3. The Balaban J connectivity index is 1.96. The maximum atomic E-state index is 13.8. The van der Waals surface area contributed by atoms with E-state index < -0.39 is 15.7 Å². The first-order valence-corrected chi connectivity index (χ1v) is 11.2. The number of hydrogen-bond acceptors (Lipinski definition) is 4. The van der Waals surface area contributed by atoms with Crippen molar-refractivity contribution in [1.82, 2.24) is 10.6 Å². The van der Waals surface area contributed by atoms with Gasteiger partial charge in [0, 0.05) is 13.1 Å². The first kappa shape index (κ1) is 22.7. The quantitative estimate of drug-likeness (QED) is 0.481. The second kappa shape index (κ2) is 10.8. The van der Waals surface area contributed by atoms with Crippen LogP contribution in [0.5, 0.6) is 5.75 Å². The molecule has 0 saturated carbocycles. The lowest BCUT2D eigenvalue weighted by atomic mass is 10.1. The van der Waals surface area contributed by atoms with Crippen molar-refractivity contribution in [3.8, 4) is 5.75 Å². The molecule has 0 radical (unpaired) electrons. The molecule has 0 saturated heterocycles. The molecule has 2 rings (SSSR count). The molecule has 0 bridgehead atoms. The highest BCUT2D eigenvalue weighted by molar-refractivity contribution is 7.91. The summed E-state index contributed by atoms with van der Waals surface area (Å²) in [7, 11) is -2.09. The van der Waals surface area contributed by atoms with Crippen LogP contribution in [-0.2, 0) is 16.3 Å². The predicted octanol–water partition coefficient (Wildman–Crippen LogP) is 2.71. The molecule has 2 aromatic carbocycles. The summed E-state index contributed by atoms with van der Waals surface area (Å²) in [6.45, 7) is 5.22. The topological polar surface area (TPSA) is 79.8 Å². The van der Waals surface area contributed by atoms with Gasteiger partial charge in [-0.2, -0.15) is 0 Å². The molecule has 0 unspecified atom stereocenters. The Kier molecular flexibility index (Phi) is 8.45. The summed E-state index contributed by atoms with van der Waals surface area (Å²) >= 11 is 0. The molecule has 0 atom stereocenters. The van der Waals surface area contributed by atoms with Crippen LogP contribution in [0.25, 0.3) is 0 Å². The molecule has 8 heteroatoms. The van der Waals surface area contributed by atoms with Crippen LogP contribution in [0.2, 0.25) is 0 Å². The van der Waals surface area contributed by atoms with Crippen molar-refractivity contribution in [3.63, 3.8) is 0 Å². The molecule has 0 fully saturated rings. The predicted molar refractivity (Wildman–Crippen MR) is 114 cm³/mol. The number of guanidine groups is 1. The highest BCUT2D eigenvalue weighted by atomic mass is 32.2. The van der Waals surface area contributed by atoms with E-state index in [1.165, 1.54) is 18.2 Å². The molecule has 6 nitrogen and oxygen atoms in total. The largest absolute Gasteiger partial charge is 0.496 e. The third-order valence-corrected chi connectivity index (χ3v) is 5.99. The molecule has 0 aliphatic rings. The van der Waals surface area contributed by atoms with Gasteiger partial charge in [-0.3, -0.25) is 4.99 Å². The van der Waals surface area contributed by atoms with Gasteiger partial charge in [-0.15, -0.1) is 0 Å². The highest BCUT2D eigenvalue weighted by Gasteiger charge is 2.18. The van der Waals surface area contributed by atoms with E-state index in [1.54, 1.807) is 7.11 Å². The maximum Gasteiger partial charge on any atom is 0.191 e. The van der Waals surface area contributed by atoms with Crippen LogP contribution in [0.4, 0.5) is 4.39 Å². The first-order valence-electron chi connectivity index (χ1n) is 9.50. The van der Waals surface area contributed by atoms with E-state index in [-0.39, 0.29) is 17.2 Å². The van der Waals surface area contributed by atoms with Crippen molar-refractivity contribution in [3.05, 3.63) is 59.4 Å². The number of halogens is 1. The van der Waals surface area contributed by atoms with Gasteiger partial charge in [0.15, 0.2) is 15.8 Å². The van der Waals surface area contributed by atoms with Gasteiger partial charge in [0.05, 0.1) is 19.4 Å². The Morgan fingerprint density at radius 1 is 1.17 bits per heavy atom. The Bertz CT molecular complexity index is 946. The summed E-state index contributed by atoms with van der Waals surface area (Å²) in [5.74, 6) is 0.336. The Hall–Kier alpha value is -2.61. The molecule has 0 spiro atoms. The molecule has 0 aliphatic heterocycles. The van der Waals surface area contributed by atoms with Crippen molar-refractivity contribution in [2.45, 2.75) is 25.2 Å². The molecular formula is C21H28FN3O3S. The van der Waals surface area contributed by atoms with Gasteiger partial charge in [0.25, 0.3) is 0 Å². The lowest BCUT2D eigenvalue weighted by molar-refractivity contribution is 0.409. The van der Waals surface area contributed by atoms with E-state index in [9.17, 15) is 12.8 Å². The smallest absolute Gasteiger partial charge is 0.191 e. The third kappa shape index (κ3) is 6.74. The molecule has 29 heavy (non-hydrogen) atoms. The molecule has 0 heterocycles. The normalized spacial score (nSPS) is 11.9. The van der Waals surface area contributed by atoms with Gasteiger partial charge >= 0.3 is 0 Å². The number of nitrogens with one attached hydrogen (secondary N) is 2. The first-order chi connectivity index (χ1) is 13.9. The van der Waals surface area contributed by atoms with Gasteiger partial charge in [-0.05, 0) is 44.0 Å².